The molecule has 0 aromatic heterocycles. The second-order valence-electron chi connectivity index (χ2n) is 4.91. The molecular weight excluding hydrogens is 283 g/mol. The fraction of sp³-hybridized carbons (Fsp3) is 0.176. The van der Waals surface area contributed by atoms with Crippen molar-refractivity contribution in [2.75, 3.05) is 0 Å². The standard InChI is InChI=1S/C17H17FN2O2/c1-12(14-5-3-2-4-6-14)20-17(22)16(21)19-11-13-7-9-15(18)10-8-13/h2-10,12H,11H2,1H3,(H,19,21)(H,20,22)/t12-/m1/s1. The molecule has 0 radical (unpaired) electrons. The largest absolute Gasteiger partial charge is 0.344 e. The summed E-state index contributed by atoms with van der Waals surface area (Å²) < 4.78 is 12.8. The number of hydrogen-bond donors (Lipinski definition) is 2. The molecular formula is C17H17FN2O2. The fourth-order valence-corrected chi connectivity index (χ4v) is 1.95. The van der Waals surface area contributed by atoms with E-state index >= 15 is 0 Å². The van der Waals surface area contributed by atoms with E-state index in [1.54, 1.807) is 19.1 Å². The molecule has 0 unspecified atom stereocenters. The average Bonchev–Trinajstić information content (AvgIpc) is 2.54. The molecule has 2 N–H and O–H groups in total. The van der Waals surface area contributed by atoms with Crippen LogP contribution in [-0.4, -0.2) is 11.8 Å². The van der Waals surface area contributed by atoms with Crippen LogP contribution in [0, 0.1) is 5.82 Å². The van der Waals surface area contributed by atoms with Gasteiger partial charge in [-0.25, -0.2) is 4.39 Å². The molecule has 1 atom stereocenters. The van der Waals surface area contributed by atoms with Gasteiger partial charge in [0.05, 0.1) is 6.04 Å². The first kappa shape index (κ1) is 15.7. The van der Waals surface area contributed by atoms with Crippen molar-refractivity contribution in [3.63, 3.8) is 0 Å². The minimum Gasteiger partial charge on any atom is -0.344 e. The van der Waals surface area contributed by atoms with Gasteiger partial charge in [-0.1, -0.05) is 42.5 Å². The van der Waals surface area contributed by atoms with Crippen LogP contribution >= 0.6 is 0 Å². The van der Waals surface area contributed by atoms with Gasteiger partial charge in [-0.2, -0.15) is 0 Å². The lowest BCUT2D eigenvalue weighted by molar-refractivity contribution is -0.139. The summed E-state index contributed by atoms with van der Waals surface area (Å²) in [5.41, 5.74) is 1.64. The number of nitrogens with one attached hydrogen (secondary N) is 2. The van der Waals surface area contributed by atoms with Crippen molar-refractivity contribution in [2.24, 2.45) is 0 Å². The average molecular weight is 300 g/mol. The number of halogens is 1. The summed E-state index contributed by atoms with van der Waals surface area (Å²) in [6, 6.07) is 14.8. The lowest BCUT2D eigenvalue weighted by atomic mass is 10.1. The van der Waals surface area contributed by atoms with Gasteiger partial charge >= 0.3 is 11.8 Å². The Morgan fingerprint density at radius 2 is 1.64 bits per heavy atom. The zero-order chi connectivity index (χ0) is 15.9. The quantitative estimate of drug-likeness (QED) is 0.851. The van der Waals surface area contributed by atoms with E-state index in [-0.39, 0.29) is 18.4 Å². The third-order valence-electron chi connectivity index (χ3n) is 3.22. The van der Waals surface area contributed by atoms with Crippen LogP contribution < -0.4 is 10.6 Å². The Morgan fingerprint density at radius 1 is 1.00 bits per heavy atom. The summed E-state index contributed by atoms with van der Waals surface area (Å²) in [5.74, 6) is -1.75. The van der Waals surface area contributed by atoms with E-state index < -0.39 is 11.8 Å². The summed E-state index contributed by atoms with van der Waals surface area (Å²) in [6.07, 6.45) is 0. The lowest BCUT2D eigenvalue weighted by Crippen LogP contribution is -2.40. The van der Waals surface area contributed by atoms with Gasteiger partial charge in [-0.3, -0.25) is 9.59 Å². The summed E-state index contributed by atoms with van der Waals surface area (Å²) in [4.78, 5) is 23.6. The maximum absolute atomic E-state index is 12.8. The number of rotatable bonds is 4. The third kappa shape index (κ3) is 4.41. The Bertz CT molecular complexity index is 641. The molecule has 0 aliphatic heterocycles. The molecule has 0 saturated heterocycles. The molecule has 22 heavy (non-hydrogen) atoms. The predicted octanol–water partition coefficient (Wildman–Crippen LogP) is 2.32. The van der Waals surface area contributed by atoms with E-state index in [1.807, 2.05) is 30.3 Å². The predicted molar refractivity (Wildman–Crippen MR) is 81.2 cm³/mol. The summed E-state index contributed by atoms with van der Waals surface area (Å²) >= 11 is 0. The summed E-state index contributed by atoms with van der Waals surface area (Å²) in [5, 5.41) is 5.13. The van der Waals surface area contributed by atoms with E-state index in [4.69, 9.17) is 0 Å². The van der Waals surface area contributed by atoms with Gasteiger partial charge in [0.1, 0.15) is 5.82 Å². The molecule has 4 nitrogen and oxygen atoms in total. The second-order valence-corrected chi connectivity index (χ2v) is 4.91. The summed E-state index contributed by atoms with van der Waals surface area (Å²) in [7, 11) is 0. The Balaban J connectivity index is 1.84. The molecule has 2 amide bonds. The molecule has 2 rings (SSSR count). The summed E-state index contributed by atoms with van der Waals surface area (Å²) in [6.45, 7) is 1.98. The van der Waals surface area contributed by atoms with E-state index in [2.05, 4.69) is 10.6 Å². The highest BCUT2D eigenvalue weighted by atomic mass is 19.1. The number of carbonyl (C=O) groups excluding carboxylic acids is 2. The van der Waals surface area contributed by atoms with Crippen molar-refractivity contribution < 1.29 is 14.0 Å². The number of hydrogen-bond acceptors (Lipinski definition) is 2. The Kier molecular flexibility index (Phi) is 5.25. The third-order valence-corrected chi connectivity index (χ3v) is 3.22. The van der Waals surface area contributed by atoms with Crippen LogP contribution in [0.4, 0.5) is 4.39 Å². The van der Waals surface area contributed by atoms with Gasteiger partial charge in [-0.15, -0.1) is 0 Å². The van der Waals surface area contributed by atoms with Gasteiger partial charge in [0.25, 0.3) is 0 Å². The smallest absolute Gasteiger partial charge is 0.309 e. The molecule has 114 valence electrons. The van der Waals surface area contributed by atoms with E-state index in [9.17, 15) is 14.0 Å². The molecule has 0 aliphatic carbocycles. The zero-order valence-electron chi connectivity index (χ0n) is 12.2. The van der Waals surface area contributed by atoms with E-state index in [1.165, 1.54) is 12.1 Å². The molecule has 5 heteroatoms. The van der Waals surface area contributed by atoms with Crippen LogP contribution in [0.1, 0.15) is 24.1 Å². The number of carbonyl (C=O) groups is 2. The normalized spacial score (nSPS) is 11.5. The highest BCUT2D eigenvalue weighted by molar-refractivity contribution is 6.35. The van der Waals surface area contributed by atoms with Crippen molar-refractivity contribution >= 4 is 11.8 Å². The first-order valence-electron chi connectivity index (χ1n) is 6.94. The first-order valence-corrected chi connectivity index (χ1v) is 6.94. The maximum Gasteiger partial charge on any atom is 0.309 e. The van der Waals surface area contributed by atoms with Crippen LogP contribution in [0.2, 0.25) is 0 Å². The van der Waals surface area contributed by atoms with Crippen LogP contribution in [0.3, 0.4) is 0 Å². The molecule has 0 heterocycles. The zero-order valence-corrected chi connectivity index (χ0v) is 12.2. The molecule has 0 bridgehead atoms. The molecule has 0 saturated carbocycles. The SMILES string of the molecule is C[C@@H](NC(=O)C(=O)NCc1ccc(F)cc1)c1ccccc1. The molecule has 2 aromatic rings. The van der Waals surface area contributed by atoms with Gasteiger partial charge in [0.15, 0.2) is 0 Å². The van der Waals surface area contributed by atoms with Crippen molar-refractivity contribution in [3.05, 3.63) is 71.5 Å². The topological polar surface area (TPSA) is 58.2 Å². The van der Waals surface area contributed by atoms with Crippen LogP contribution in [0.5, 0.6) is 0 Å². The number of amides is 2. The maximum atomic E-state index is 12.8. The number of benzene rings is 2. The van der Waals surface area contributed by atoms with Crippen LogP contribution in [-0.2, 0) is 16.1 Å². The van der Waals surface area contributed by atoms with Crippen molar-refractivity contribution in [3.8, 4) is 0 Å². The van der Waals surface area contributed by atoms with Crippen molar-refractivity contribution in [1.29, 1.82) is 0 Å². The van der Waals surface area contributed by atoms with Crippen LogP contribution in [0.25, 0.3) is 0 Å². The highest BCUT2D eigenvalue weighted by Crippen LogP contribution is 2.10. The second kappa shape index (κ2) is 7.36. The molecule has 0 spiro atoms. The fourth-order valence-electron chi connectivity index (χ4n) is 1.95. The van der Waals surface area contributed by atoms with Gasteiger partial charge in [-0.05, 0) is 30.2 Å². The minimum absolute atomic E-state index is 0.173. The Morgan fingerprint density at radius 3 is 2.27 bits per heavy atom. The van der Waals surface area contributed by atoms with Crippen LogP contribution in [0.15, 0.2) is 54.6 Å². The van der Waals surface area contributed by atoms with E-state index in [0.29, 0.717) is 0 Å². The lowest BCUT2D eigenvalue weighted by Gasteiger charge is -2.14. The Hall–Kier alpha value is -2.69. The minimum atomic E-state index is -0.716. The highest BCUT2D eigenvalue weighted by Gasteiger charge is 2.16. The van der Waals surface area contributed by atoms with Crippen molar-refractivity contribution in [2.45, 2.75) is 19.5 Å². The molecule has 2 aromatic carbocycles. The molecule has 0 fully saturated rings. The van der Waals surface area contributed by atoms with Crippen molar-refractivity contribution in [1.82, 2.24) is 10.6 Å². The van der Waals surface area contributed by atoms with Gasteiger partial charge in [0.2, 0.25) is 0 Å². The van der Waals surface area contributed by atoms with Gasteiger partial charge < -0.3 is 10.6 Å². The first-order chi connectivity index (χ1) is 10.6. The Labute approximate surface area is 128 Å². The molecule has 0 aliphatic rings. The van der Waals surface area contributed by atoms with E-state index in [0.717, 1.165) is 11.1 Å². The monoisotopic (exact) mass is 300 g/mol. The van der Waals surface area contributed by atoms with Gasteiger partial charge in [0, 0.05) is 6.54 Å².